The van der Waals surface area contributed by atoms with Crippen LogP contribution in [0.4, 0.5) is 28.6 Å². The summed E-state index contributed by atoms with van der Waals surface area (Å²) < 4.78 is 0. The van der Waals surface area contributed by atoms with Crippen molar-refractivity contribution in [3.05, 3.63) is 73.9 Å². The highest BCUT2D eigenvalue weighted by Gasteiger charge is 2.28. The molecule has 62 heavy (non-hydrogen) atoms. The number of halogens is 1. The predicted molar refractivity (Wildman–Crippen MR) is 256 cm³/mol. The Morgan fingerprint density at radius 3 is 1.40 bits per heavy atom. The van der Waals surface area contributed by atoms with E-state index >= 15 is 0 Å². The summed E-state index contributed by atoms with van der Waals surface area (Å²) in [7, 11) is 18.4. The van der Waals surface area contributed by atoms with Crippen LogP contribution in [0.25, 0.3) is 21.8 Å². The minimum absolute atomic E-state index is 0.0494. The number of para-hydroxylation sites is 2. The molecule has 2 fully saturated rings. The van der Waals surface area contributed by atoms with Crippen LogP contribution in [0.1, 0.15) is 0 Å². The Bertz CT molecular complexity index is 2020. The number of pyridine rings is 2. The van der Waals surface area contributed by atoms with Crippen molar-refractivity contribution in [3.8, 4) is 0 Å². The third kappa shape index (κ3) is 15.4. The molecule has 0 unspecified atom stereocenters. The Morgan fingerprint density at radius 2 is 0.984 bits per heavy atom. The first kappa shape index (κ1) is 50.1. The fourth-order valence-corrected chi connectivity index (χ4v) is 7.26. The number of rotatable bonds is 17. The van der Waals surface area contributed by atoms with E-state index in [0.29, 0.717) is 47.7 Å². The Morgan fingerprint density at radius 1 is 0.597 bits per heavy atom. The lowest BCUT2D eigenvalue weighted by molar-refractivity contribution is -0.384. The Labute approximate surface area is 372 Å². The summed E-state index contributed by atoms with van der Waals surface area (Å²) in [4.78, 5) is 49.2. The van der Waals surface area contributed by atoms with Crippen LogP contribution in [0.3, 0.4) is 0 Å². The maximum Gasteiger partial charge on any atom is 0.335 e. The predicted octanol–water partition coefficient (Wildman–Crippen LogP) is 4.37. The quantitative estimate of drug-likeness (QED) is 0.0874. The van der Waals surface area contributed by atoms with Crippen LogP contribution >= 0.6 is 11.6 Å². The number of nitro groups is 2. The lowest BCUT2D eigenvalue weighted by Crippen LogP contribution is -2.45. The van der Waals surface area contributed by atoms with Gasteiger partial charge in [-0.2, -0.15) is 0 Å². The standard InChI is InChI=1S/C21H33N7O2.C16H20ClN5O2.C6H16N2/c1-24(2)11-14-26(4)21-20(28(29)30)19(17-7-5-6-8-18(17)23-21)22-9-10-27-15-12-25(3)13-16-27;1-20-8-10-21(11-9-20)7-6-18-14-12-4-2-3-5-13(12)19-16(17)15(14)22(23)24;1-7(2)5-6-8(3)4/h5-8H,9-16H2,1-4H3,(H,22,23);2-5H,6-11H2,1H3,(H,18,19);5-6H2,1-4H3. The smallest absolute Gasteiger partial charge is 0.335 e. The SMILES string of the molecule is CN(C)CCN(C)C.CN(C)CCN(C)c1nc2ccccc2c(NCCN2CCN(C)CC2)c1[N+](=O)[O-].CN1CCN(CCNc2c([N+](=O)[O-])c(Cl)nc3ccccc23)CC1. The van der Waals surface area contributed by atoms with Gasteiger partial charge in [0.1, 0.15) is 11.4 Å². The van der Waals surface area contributed by atoms with Crippen LogP contribution in [0, 0.1) is 20.2 Å². The van der Waals surface area contributed by atoms with Gasteiger partial charge in [-0.05, 0) is 68.5 Å². The van der Waals surface area contributed by atoms with Crippen LogP contribution in [0.5, 0.6) is 0 Å². The average molecular weight is 882 g/mol. The molecule has 4 aromatic rings. The molecule has 0 atom stereocenters. The van der Waals surface area contributed by atoms with E-state index in [1.807, 2.05) is 68.5 Å². The van der Waals surface area contributed by atoms with Crippen molar-refractivity contribution in [1.29, 1.82) is 0 Å². The minimum Gasteiger partial charge on any atom is -0.378 e. The Kier molecular flexibility index (Phi) is 20.2. The zero-order valence-corrected chi connectivity index (χ0v) is 39.1. The summed E-state index contributed by atoms with van der Waals surface area (Å²) in [6.45, 7) is 15.0. The highest BCUT2D eigenvalue weighted by molar-refractivity contribution is 6.33. The number of aromatic nitrogens is 2. The highest BCUT2D eigenvalue weighted by Crippen LogP contribution is 2.39. The van der Waals surface area contributed by atoms with Gasteiger partial charge in [0.2, 0.25) is 11.0 Å². The van der Waals surface area contributed by atoms with E-state index in [9.17, 15) is 20.2 Å². The van der Waals surface area contributed by atoms with Crippen molar-refractivity contribution in [1.82, 2.24) is 44.3 Å². The van der Waals surface area contributed by atoms with Crippen LogP contribution < -0.4 is 15.5 Å². The molecule has 2 aromatic carbocycles. The zero-order chi connectivity index (χ0) is 45.3. The molecule has 4 heterocycles. The fourth-order valence-electron chi connectivity index (χ4n) is 7.00. The van der Waals surface area contributed by atoms with E-state index in [1.165, 1.54) is 0 Å². The monoisotopic (exact) mass is 881 g/mol. The molecule has 0 saturated carbocycles. The lowest BCUT2D eigenvalue weighted by atomic mass is 10.1. The molecule has 0 spiro atoms. The number of hydrogen-bond donors (Lipinski definition) is 2. The molecule has 19 heteroatoms. The van der Waals surface area contributed by atoms with E-state index < -0.39 is 4.92 Å². The first-order valence-electron chi connectivity index (χ1n) is 21.3. The lowest BCUT2D eigenvalue weighted by Gasteiger charge is -2.32. The number of hydrogen-bond acceptors (Lipinski definition) is 16. The minimum atomic E-state index is -0.472. The fraction of sp³-hybridized carbons (Fsp3) is 0.581. The number of nitrogens with zero attached hydrogens (tertiary/aromatic N) is 12. The number of benzene rings is 2. The van der Waals surface area contributed by atoms with Gasteiger partial charge in [0, 0.05) is 123 Å². The first-order chi connectivity index (χ1) is 29.5. The Hall–Kier alpha value is -4.53. The van der Waals surface area contributed by atoms with Gasteiger partial charge in [-0.15, -0.1) is 0 Å². The van der Waals surface area contributed by atoms with Crippen molar-refractivity contribution >= 4 is 62.0 Å². The largest absolute Gasteiger partial charge is 0.378 e. The van der Waals surface area contributed by atoms with Gasteiger partial charge in [-0.3, -0.25) is 30.0 Å². The molecular formula is C43H69ClN14O4. The molecule has 2 N–H and O–H groups in total. The average Bonchev–Trinajstić information content (AvgIpc) is 3.23. The number of nitrogens with one attached hydrogen (secondary N) is 2. The molecule has 342 valence electrons. The van der Waals surface area contributed by atoms with Gasteiger partial charge in [-0.25, -0.2) is 9.97 Å². The van der Waals surface area contributed by atoms with Gasteiger partial charge in [0.25, 0.3) is 0 Å². The molecule has 2 saturated heterocycles. The van der Waals surface area contributed by atoms with E-state index in [1.54, 1.807) is 6.07 Å². The first-order valence-corrected chi connectivity index (χ1v) is 21.7. The number of fused-ring (bicyclic) bond motifs is 2. The number of anilines is 3. The number of piperazine rings is 2. The second-order valence-corrected chi connectivity index (χ2v) is 17.2. The van der Waals surface area contributed by atoms with E-state index in [2.05, 4.69) is 97.2 Å². The van der Waals surface area contributed by atoms with Crippen molar-refractivity contribution in [2.24, 2.45) is 0 Å². The summed E-state index contributed by atoms with van der Waals surface area (Å²) in [5.41, 5.74) is 2.31. The molecule has 0 amide bonds. The third-order valence-electron chi connectivity index (χ3n) is 10.9. The third-order valence-corrected chi connectivity index (χ3v) is 11.2. The molecular weight excluding hydrogens is 812 g/mol. The van der Waals surface area contributed by atoms with Crippen molar-refractivity contribution in [2.45, 2.75) is 0 Å². The van der Waals surface area contributed by atoms with Gasteiger partial charge in [0.05, 0.1) is 20.9 Å². The van der Waals surface area contributed by atoms with Crippen LogP contribution in [-0.4, -0.2) is 222 Å². The second kappa shape index (κ2) is 24.9. The summed E-state index contributed by atoms with van der Waals surface area (Å²) >= 11 is 6.04. The maximum absolute atomic E-state index is 12.1. The van der Waals surface area contributed by atoms with E-state index in [-0.39, 0.29) is 21.5 Å². The van der Waals surface area contributed by atoms with Crippen LogP contribution in [0.15, 0.2) is 48.5 Å². The molecule has 2 aliphatic heterocycles. The van der Waals surface area contributed by atoms with Gasteiger partial charge in [0.15, 0.2) is 0 Å². The molecule has 2 aliphatic rings. The molecule has 18 nitrogen and oxygen atoms in total. The van der Waals surface area contributed by atoms with E-state index in [4.69, 9.17) is 11.6 Å². The zero-order valence-electron chi connectivity index (χ0n) is 38.3. The molecule has 0 aliphatic carbocycles. The summed E-state index contributed by atoms with van der Waals surface area (Å²) in [5.74, 6) is 0.405. The molecule has 0 radical (unpaired) electrons. The van der Waals surface area contributed by atoms with E-state index in [0.717, 1.165) is 96.0 Å². The van der Waals surface area contributed by atoms with Crippen molar-refractivity contribution in [3.63, 3.8) is 0 Å². The van der Waals surface area contributed by atoms with Crippen LogP contribution in [0.2, 0.25) is 5.15 Å². The number of likely N-dealkylation sites (N-methyl/N-ethyl adjacent to an activating group) is 6. The normalized spacial score (nSPS) is 15.4. The Balaban J connectivity index is 0.000000236. The summed E-state index contributed by atoms with van der Waals surface area (Å²) in [6.07, 6.45) is 0. The topological polar surface area (TPSA) is 162 Å². The maximum atomic E-state index is 12.1. The second-order valence-electron chi connectivity index (χ2n) is 16.8. The van der Waals surface area contributed by atoms with Crippen molar-refractivity contribution < 1.29 is 9.85 Å². The van der Waals surface area contributed by atoms with Gasteiger partial charge < -0.3 is 40.0 Å². The highest BCUT2D eigenvalue weighted by atomic mass is 35.5. The molecule has 0 bridgehead atoms. The summed E-state index contributed by atoms with van der Waals surface area (Å²) in [6, 6.07) is 14.9. The van der Waals surface area contributed by atoms with Gasteiger partial charge >= 0.3 is 11.4 Å². The summed E-state index contributed by atoms with van der Waals surface area (Å²) in [5, 5.41) is 31.5. The molecule has 2 aromatic heterocycles. The molecule has 6 rings (SSSR count). The van der Waals surface area contributed by atoms with Crippen LogP contribution in [-0.2, 0) is 0 Å². The van der Waals surface area contributed by atoms with Gasteiger partial charge in [-0.1, -0.05) is 48.0 Å². The van der Waals surface area contributed by atoms with Crippen molar-refractivity contribution in [2.75, 3.05) is 184 Å².